The van der Waals surface area contributed by atoms with Crippen molar-refractivity contribution >= 4 is 29.0 Å². The van der Waals surface area contributed by atoms with Gasteiger partial charge in [-0.05, 0) is 31.2 Å². The molecule has 4 nitrogen and oxygen atoms in total. The topological polar surface area (TPSA) is 54.9 Å². The van der Waals surface area contributed by atoms with Crippen LogP contribution in [0.2, 0.25) is 0 Å². The Balaban J connectivity index is 1.42. The van der Waals surface area contributed by atoms with Crippen molar-refractivity contribution < 1.29 is 4.79 Å². The predicted octanol–water partition coefficient (Wildman–Crippen LogP) is 3.96. The van der Waals surface area contributed by atoms with Crippen molar-refractivity contribution in [1.29, 1.82) is 0 Å². The molecule has 0 spiro atoms. The summed E-state index contributed by atoms with van der Waals surface area (Å²) in [5, 5.41) is 5.78. The number of aryl methyl sites for hydroxylation is 1. The summed E-state index contributed by atoms with van der Waals surface area (Å²) in [7, 11) is 0. The summed E-state index contributed by atoms with van der Waals surface area (Å²) in [6.45, 7) is 2.73. The molecule has 0 saturated heterocycles. The molecule has 0 aliphatic rings. The van der Waals surface area contributed by atoms with Crippen molar-refractivity contribution in [1.82, 2.24) is 15.3 Å². The van der Waals surface area contributed by atoms with E-state index in [1.54, 1.807) is 24.2 Å². The molecular weight excluding hydrogens is 350 g/mol. The van der Waals surface area contributed by atoms with Crippen LogP contribution in [-0.4, -0.2) is 28.2 Å². The molecule has 0 radical (unpaired) electrons. The average Bonchev–Trinajstić information content (AvgIpc) is 3.09. The van der Waals surface area contributed by atoms with Gasteiger partial charge in [0.25, 0.3) is 0 Å². The smallest absolute Gasteiger partial charge is 0.226 e. The first kappa shape index (κ1) is 17.6. The highest BCUT2D eigenvalue weighted by Gasteiger charge is 2.09. The van der Waals surface area contributed by atoms with Crippen LogP contribution >= 0.6 is 23.1 Å². The molecule has 0 aliphatic heterocycles. The highest BCUT2D eigenvalue weighted by molar-refractivity contribution is 7.99. The number of thioether (sulfide) groups is 1. The molecule has 0 saturated carbocycles. The maximum atomic E-state index is 12.0. The number of thiazole rings is 1. The standard InChI is InChI=1S/C19H19N3OS2/c1-14-4-6-17(7-5-14)24-10-9-21-18(23)11-16-13-25-19(22-16)15-3-2-8-20-12-15/h2-8,12-13H,9-11H2,1H3,(H,21,23). The average molecular weight is 370 g/mol. The first-order chi connectivity index (χ1) is 12.2. The number of aromatic nitrogens is 2. The van der Waals surface area contributed by atoms with Crippen molar-refractivity contribution in [3.63, 3.8) is 0 Å². The Morgan fingerprint density at radius 2 is 2.08 bits per heavy atom. The highest BCUT2D eigenvalue weighted by Crippen LogP contribution is 2.22. The Morgan fingerprint density at radius 1 is 1.24 bits per heavy atom. The van der Waals surface area contributed by atoms with Crippen LogP contribution in [0.15, 0.2) is 59.1 Å². The molecule has 25 heavy (non-hydrogen) atoms. The molecule has 0 fully saturated rings. The highest BCUT2D eigenvalue weighted by atomic mass is 32.2. The van der Waals surface area contributed by atoms with Gasteiger partial charge in [-0.2, -0.15) is 0 Å². The minimum absolute atomic E-state index is 0.00698. The molecule has 1 amide bonds. The molecule has 128 valence electrons. The van der Waals surface area contributed by atoms with Gasteiger partial charge >= 0.3 is 0 Å². The van der Waals surface area contributed by atoms with E-state index in [-0.39, 0.29) is 5.91 Å². The zero-order valence-electron chi connectivity index (χ0n) is 13.9. The van der Waals surface area contributed by atoms with E-state index in [9.17, 15) is 4.79 Å². The molecule has 0 unspecified atom stereocenters. The van der Waals surface area contributed by atoms with E-state index in [1.165, 1.54) is 21.8 Å². The van der Waals surface area contributed by atoms with Crippen molar-refractivity contribution in [2.24, 2.45) is 0 Å². The van der Waals surface area contributed by atoms with E-state index in [0.717, 1.165) is 22.0 Å². The minimum Gasteiger partial charge on any atom is -0.355 e. The quantitative estimate of drug-likeness (QED) is 0.506. The van der Waals surface area contributed by atoms with Crippen LogP contribution < -0.4 is 5.32 Å². The maximum Gasteiger partial charge on any atom is 0.226 e. The fraction of sp³-hybridized carbons (Fsp3) is 0.211. The number of benzene rings is 1. The van der Waals surface area contributed by atoms with Crippen LogP contribution in [0.4, 0.5) is 0 Å². The van der Waals surface area contributed by atoms with E-state index >= 15 is 0 Å². The lowest BCUT2D eigenvalue weighted by Crippen LogP contribution is -2.27. The van der Waals surface area contributed by atoms with Gasteiger partial charge in [-0.3, -0.25) is 9.78 Å². The zero-order valence-corrected chi connectivity index (χ0v) is 15.6. The Labute approximate surface area is 155 Å². The summed E-state index contributed by atoms with van der Waals surface area (Å²) in [5.74, 6) is 0.861. The minimum atomic E-state index is 0.00698. The third-order valence-corrected chi connectivity index (χ3v) is 5.47. The van der Waals surface area contributed by atoms with Gasteiger partial charge in [0.15, 0.2) is 0 Å². The lowest BCUT2D eigenvalue weighted by Gasteiger charge is -2.04. The molecule has 1 aromatic carbocycles. The van der Waals surface area contributed by atoms with E-state index in [0.29, 0.717) is 13.0 Å². The SMILES string of the molecule is Cc1ccc(SCCNC(=O)Cc2csc(-c3cccnc3)n2)cc1. The van der Waals surface area contributed by atoms with Gasteiger partial charge in [0.1, 0.15) is 5.01 Å². The van der Waals surface area contributed by atoms with Gasteiger partial charge in [-0.1, -0.05) is 17.7 Å². The molecule has 3 rings (SSSR count). The van der Waals surface area contributed by atoms with E-state index in [2.05, 4.69) is 46.5 Å². The van der Waals surface area contributed by atoms with E-state index < -0.39 is 0 Å². The van der Waals surface area contributed by atoms with Crippen LogP contribution in [0.3, 0.4) is 0 Å². The second-order valence-electron chi connectivity index (χ2n) is 5.57. The lowest BCUT2D eigenvalue weighted by molar-refractivity contribution is -0.120. The normalized spacial score (nSPS) is 10.6. The Hall–Kier alpha value is -2.18. The molecule has 2 heterocycles. The van der Waals surface area contributed by atoms with Crippen molar-refractivity contribution in [3.05, 3.63) is 65.4 Å². The first-order valence-electron chi connectivity index (χ1n) is 8.02. The molecule has 0 atom stereocenters. The van der Waals surface area contributed by atoms with Crippen LogP contribution in [0.25, 0.3) is 10.6 Å². The number of hydrogen-bond acceptors (Lipinski definition) is 5. The summed E-state index contributed by atoms with van der Waals surface area (Å²) < 4.78 is 0. The fourth-order valence-corrected chi connectivity index (χ4v) is 3.81. The lowest BCUT2D eigenvalue weighted by atomic mass is 10.2. The molecule has 1 N–H and O–H groups in total. The molecular formula is C19H19N3OS2. The number of carbonyl (C=O) groups excluding carboxylic acids is 1. The van der Waals surface area contributed by atoms with E-state index in [1.807, 2.05) is 17.5 Å². The van der Waals surface area contributed by atoms with Crippen molar-refractivity contribution in [2.45, 2.75) is 18.2 Å². The summed E-state index contributed by atoms with van der Waals surface area (Å²) in [4.78, 5) is 21.9. The molecule has 6 heteroatoms. The Kier molecular flexibility index (Phi) is 6.19. The molecule has 0 aliphatic carbocycles. The van der Waals surface area contributed by atoms with Gasteiger partial charge in [-0.25, -0.2) is 4.98 Å². The third-order valence-electron chi connectivity index (χ3n) is 3.52. The second kappa shape index (κ2) is 8.78. The number of pyridine rings is 1. The second-order valence-corrected chi connectivity index (χ2v) is 7.60. The van der Waals surface area contributed by atoms with Crippen LogP contribution in [-0.2, 0) is 11.2 Å². The van der Waals surface area contributed by atoms with Crippen molar-refractivity contribution in [3.8, 4) is 10.6 Å². The largest absolute Gasteiger partial charge is 0.355 e. The molecule has 3 aromatic rings. The van der Waals surface area contributed by atoms with Crippen LogP contribution in [0.5, 0.6) is 0 Å². The number of amides is 1. The van der Waals surface area contributed by atoms with Crippen LogP contribution in [0.1, 0.15) is 11.3 Å². The van der Waals surface area contributed by atoms with Gasteiger partial charge < -0.3 is 5.32 Å². The summed E-state index contributed by atoms with van der Waals surface area (Å²) in [6, 6.07) is 12.3. The summed E-state index contributed by atoms with van der Waals surface area (Å²) >= 11 is 3.28. The maximum absolute atomic E-state index is 12.0. The zero-order chi connectivity index (χ0) is 17.5. The first-order valence-corrected chi connectivity index (χ1v) is 9.88. The van der Waals surface area contributed by atoms with Crippen molar-refractivity contribution in [2.75, 3.05) is 12.3 Å². The van der Waals surface area contributed by atoms with Gasteiger partial charge in [0, 0.05) is 40.5 Å². The summed E-state index contributed by atoms with van der Waals surface area (Å²) in [5.41, 5.74) is 3.03. The Bertz CT molecular complexity index is 816. The number of hydrogen-bond donors (Lipinski definition) is 1. The van der Waals surface area contributed by atoms with Gasteiger partial charge in [0.2, 0.25) is 5.91 Å². The predicted molar refractivity (Wildman–Crippen MR) is 104 cm³/mol. The number of carbonyl (C=O) groups is 1. The van der Waals surface area contributed by atoms with Gasteiger partial charge in [0.05, 0.1) is 12.1 Å². The number of nitrogens with one attached hydrogen (secondary N) is 1. The Morgan fingerprint density at radius 3 is 2.84 bits per heavy atom. The fourth-order valence-electron chi connectivity index (χ4n) is 2.23. The van der Waals surface area contributed by atoms with Crippen LogP contribution in [0, 0.1) is 6.92 Å². The number of rotatable bonds is 7. The summed E-state index contributed by atoms with van der Waals surface area (Å²) in [6.07, 6.45) is 3.83. The number of nitrogens with zero attached hydrogens (tertiary/aromatic N) is 2. The monoisotopic (exact) mass is 369 g/mol. The van der Waals surface area contributed by atoms with E-state index in [4.69, 9.17) is 0 Å². The molecule has 2 aromatic heterocycles. The third kappa shape index (κ3) is 5.41. The molecule has 0 bridgehead atoms. The van der Waals surface area contributed by atoms with Gasteiger partial charge in [-0.15, -0.1) is 23.1 Å².